The van der Waals surface area contributed by atoms with Crippen LogP contribution >= 0.6 is 0 Å². The van der Waals surface area contributed by atoms with Crippen LogP contribution in [0.4, 0.5) is 4.39 Å². The average Bonchev–Trinajstić information content (AvgIpc) is 2.64. The number of H-pyrrole nitrogens is 1. The quantitative estimate of drug-likeness (QED) is 0.873. The van der Waals surface area contributed by atoms with Crippen molar-refractivity contribution < 1.29 is 9.13 Å². The van der Waals surface area contributed by atoms with Gasteiger partial charge in [-0.25, -0.2) is 4.39 Å². The van der Waals surface area contributed by atoms with E-state index in [1.807, 2.05) is 12.1 Å². The molecule has 0 radical (unpaired) electrons. The molecule has 5 nitrogen and oxygen atoms in total. The van der Waals surface area contributed by atoms with Gasteiger partial charge in [0.2, 0.25) is 0 Å². The number of hydrogen-bond donors (Lipinski definition) is 1. The lowest BCUT2D eigenvalue weighted by Crippen LogP contribution is -2.39. The number of hydrogen-bond acceptors (Lipinski definition) is 4. The Kier molecular flexibility index (Phi) is 5.94. The van der Waals surface area contributed by atoms with E-state index in [-0.39, 0.29) is 17.5 Å². The second kappa shape index (κ2) is 8.36. The van der Waals surface area contributed by atoms with Crippen molar-refractivity contribution in [2.24, 2.45) is 5.92 Å². The third kappa shape index (κ3) is 4.52. The third-order valence-electron chi connectivity index (χ3n) is 4.99. The zero-order valence-corrected chi connectivity index (χ0v) is 14.5. The topological polar surface area (TPSA) is 58.2 Å². The van der Waals surface area contributed by atoms with E-state index in [4.69, 9.17) is 4.74 Å². The Labute approximate surface area is 146 Å². The fraction of sp³-hybridized carbons (Fsp3) is 0.474. The summed E-state index contributed by atoms with van der Waals surface area (Å²) in [5, 5.41) is 0. The fourth-order valence-electron chi connectivity index (χ4n) is 3.51. The van der Waals surface area contributed by atoms with E-state index in [0.29, 0.717) is 30.1 Å². The predicted octanol–water partition coefficient (Wildman–Crippen LogP) is 2.38. The van der Waals surface area contributed by atoms with E-state index in [0.717, 1.165) is 25.9 Å². The van der Waals surface area contributed by atoms with Crippen LogP contribution < -0.4 is 5.56 Å². The number of ether oxygens (including phenoxy) is 1. The van der Waals surface area contributed by atoms with E-state index in [1.165, 1.54) is 6.07 Å². The number of nitrogens with zero attached hydrogens (tertiary/aromatic N) is 2. The van der Waals surface area contributed by atoms with E-state index in [9.17, 15) is 9.18 Å². The highest BCUT2D eigenvalue weighted by atomic mass is 19.1. The number of benzene rings is 1. The van der Waals surface area contributed by atoms with Gasteiger partial charge >= 0.3 is 0 Å². The Balaban J connectivity index is 1.56. The number of piperidine rings is 1. The molecule has 1 aliphatic rings. The standard InChI is InChI=1S/C19H24FN3O2/c1-25-18(12-15-4-2-3-5-16(15)20)14-6-10-23(11-7-14)13-17-19(24)22-9-8-21-17/h2-5,8-9,14,18H,6-7,10-13H2,1H3,(H,22,24). The Hall–Kier alpha value is -2.05. The van der Waals surface area contributed by atoms with E-state index >= 15 is 0 Å². The molecule has 3 rings (SSSR count). The van der Waals surface area contributed by atoms with Crippen molar-refractivity contribution in [2.45, 2.75) is 31.9 Å². The van der Waals surface area contributed by atoms with Crippen LogP contribution in [0, 0.1) is 11.7 Å². The van der Waals surface area contributed by atoms with Gasteiger partial charge in [-0.15, -0.1) is 0 Å². The molecule has 1 aliphatic heterocycles. The molecule has 1 unspecified atom stereocenters. The van der Waals surface area contributed by atoms with Gasteiger partial charge < -0.3 is 9.72 Å². The third-order valence-corrected chi connectivity index (χ3v) is 4.99. The van der Waals surface area contributed by atoms with Crippen LogP contribution in [0.25, 0.3) is 0 Å². The van der Waals surface area contributed by atoms with Crippen molar-refractivity contribution in [1.29, 1.82) is 0 Å². The molecule has 1 N–H and O–H groups in total. The average molecular weight is 345 g/mol. The number of aromatic nitrogens is 2. The normalized spacial score (nSPS) is 17.5. The molecular weight excluding hydrogens is 321 g/mol. The number of methoxy groups -OCH3 is 1. The maximum Gasteiger partial charge on any atom is 0.270 e. The lowest BCUT2D eigenvalue weighted by atomic mass is 9.87. The lowest BCUT2D eigenvalue weighted by Gasteiger charge is -2.35. The summed E-state index contributed by atoms with van der Waals surface area (Å²) in [6, 6.07) is 6.88. The zero-order chi connectivity index (χ0) is 17.6. The summed E-state index contributed by atoms with van der Waals surface area (Å²) in [5.74, 6) is 0.222. The van der Waals surface area contributed by atoms with Crippen LogP contribution in [-0.2, 0) is 17.7 Å². The largest absolute Gasteiger partial charge is 0.381 e. The van der Waals surface area contributed by atoms with Gasteiger partial charge in [0, 0.05) is 32.5 Å². The second-order valence-corrected chi connectivity index (χ2v) is 6.55. The molecule has 25 heavy (non-hydrogen) atoms. The van der Waals surface area contributed by atoms with Crippen molar-refractivity contribution >= 4 is 0 Å². The molecule has 134 valence electrons. The first-order valence-electron chi connectivity index (χ1n) is 8.68. The summed E-state index contributed by atoms with van der Waals surface area (Å²) >= 11 is 0. The minimum absolute atomic E-state index is 0.0114. The molecule has 2 heterocycles. The first-order chi connectivity index (χ1) is 12.2. The molecule has 0 saturated carbocycles. The van der Waals surface area contributed by atoms with Gasteiger partial charge in [-0.05, 0) is 43.5 Å². The number of rotatable bonds is 6. The summed E-state index contributed by atoms with van der Waals surface area (Å²) in [6.07, 6.45) is 5.70. The predicted molar refractivity (Wildman–Crippen MR) is 93.8 cm³/mol. The summed E-state index contributed by atoms with van der Waals surface area (Å²) in [7, 11) is 1.70. The van der Waals surface area contributed by atoms with Crippen molar-refractivity contribution in [2.75, 3.05) is 20.2 Å². The van der Waals surface area contributed by atoms with E-state index < -0.39 is 0 Å². The number of aromatic amines is 1. The van der Waals surface area contributed by atoms with Crippen LogP contribution in [0.15, 0.2) is 41.5 Å². The molecule has 1 aromatic heterocycles. The fourth-order valence-corrected chi connectivity index (χ4v) is 3.51. The molecule has 1 fully saturated rings. The lowest BCUT2D eigenvalue weighted by molar-refractivity contribution is 0.0199. The Morgan fingerprint density at radius 3 is 2.80 bits per heavy atom. The van der Waals surface area contributed by atoms with E-state index in [1.54, 1.807) is 25.6 Å². The Morgan fingerprint density at radius 1 is 1.36 bits per heavy atom. The molecule has 0 bridgehead atoms. The van der Waals surface area contributed by atoms with Gasteiger partial charge in [-0.3, -0.25) is 14.7 Å². The van der Waals surface area contributed by atoms with Gasteiger partial charge in [-0.2, -0.15) is 0 Å². The summed E-state index contributed by atoms with van der Waals surface area (Å²) < 4.78 is 19.6. The molecule has 1 saturated heterocycles. The highest BCUT2D eigenvalue weighted by Crippen LogP contribution is 2.26. The molecule has 0 aliphatic carbocycles. The molecule has 6 heteroatoms. The first kappa shape index (κ1) is 17.8. The monoisotopic (exact) mass is 345 g/mol. The van der Waals surface area contributed by atoms with Gasteiger partial charge in [0.1, 0.15) is 11.5 Å². The Bertz CT molecular complexity index is 741. The maximum absolute atomic E-state index is 13.9. The zero-order valence-electron chi connectivity index (χ0n) is 14.5. The molecule has 2 aromatic rings. The highest BCUT2D eigenvalue weighted by molar-refractivity contribution is 5.18. The van der Waals surface area contributed by atoms with E-state index in [2.05, 4.69) is 14.9 Å². The number of likely N-dealkylation sites (tertiary alicyclic amines) is 1. The smallest absolute Gasteiger partial charge is 0.270 e. The second-order valence-electron chi connectivity index (χ2n) is 6.55. The van der Waals surface area contributed by atoms with Crippen LogP contribution in [0.2, 0.25) is 0 Å². The van der Waals surface area contributed by atoms with Gasteiger partial charge in [0.05, 0.1) is 6.10 Å². The van der Waals surface area contributed by atoms with Crippen molar-refractivity contribution in [3.8, 4) is 0 Å². The summed E-state index contributed by atoms with van der Waals surface area (Å²) in [6.45, 7) is 2.34. The summed E-state index contributed by atoms with van der Waals surface area (Å²) in [5.41, 5.74) is 1.13. The minimum Gasteiger partial charge on any atom is -0.381 e. The first-order valence-corrected chi connectivity index (χ1v) is 8.68. The molecule has 0 spiro atoms. The van der Waals surface area contributed by atoms with Crippen LogP contribution in [0.5, 0.6) is 0 Å². The van der Waals surface area contributed by atoms with Gasteiger partial charge in [0.15, 0.2) is 0 Å². The van der Waals surface area contributed by atoms with Gasteiger partial charge in [-0.1, -0.05) is 18.2 Å². The SMILES string of the molecule is COC(Cc1ccccc1F)C1CCN(Cc2ncc[nH]c2=O)CC1. The molecule has 0 amide bonds. The van der Waals surface area contributed by atoms with Crippen molar-refractivity contribution in [3.63, 3.8) is 0 Å². The molecule has 1 atom stereocenters. The van der Waals surface area contributed by atoms with Crippen LogP contribution in [0.1, 0.15) is 24.1 Å². The molecule has 1 aromatic carbocycles. The number of halogens is 1. The van der Waals surface area contributed by atoms with Crippen LogP contribution in [-0.4, -0.2) is 41.2 Å². The number of nitrogens with one attached hydrogen (secondary N) is 1. The van der Waals surface area contributed by atoms with Crippen LogP contribution in [0.3, 0.4) is 0 Å². The van der Waals surface area contributed by atoms with Crippen molar-refractivity contribution in [3.05, 3.63) is 64.1 Å². The van der Waals surface area contributed by atoms with Crippen molar-refractivity contribution in [1.82, 2.24) is 14.9 Å². The summed E-state index contributed by atoms with van der Waals surface area (Å²) in [4.78, 5) is 20.8. The molecular formula is C19H24FN3O2. The highest BCUT2D eigenvalue weighted by Gasteiger charge is 2.27. The Morgan fingerprint density at radius 2 is 2.12 bits per heavy atom. The van der Waals surface area contributed by atoms with Gasteiger partial charge in [0.25, 0.3) is 5.56 Å². The maximum atomic E-state index is 13.9. The minimum atomic E-state index is -0.170.